The molecule has 0 saturated heterocycles. The molecule has 3 heterocycles. The summed E-state index contributed by atoms with van der Waals surface area (Å²) in [5, 5.41) is 12.4. The number of aryl methyl sites for hydroxylation is 1. The van der Waals surface area contributed by atoms with Gasteiger partial charge < -0.3 is 14.2 Å². The standard InChI is InChI=1S/C14H12N4O3/c1-8-3-10(14-16-15-6-18(14)17-8)9-4-12-13(21-7-20-12)5-11(9)19-2/h3-6H,7H2,1-2H3. The molecular formula is C14H12N4O3. The van der Waals surface area contributed by atoms with Crippen LogP contribution in [0, 0.1) is 6.92 Å². The van der Waals surface area contributed by atoms with Gasteiger partial charge in [-0.1, -0.05) is 0 Å². The number of fused-ring (bicyclic) bond motifs is 2. The number of aromatic nitrogens is 4. The monoisotopic (exact) mass is 284 g/mol. The third-order valence-electron chi connectivity index (χ3n) is 3.37. The molecule has 0 N–H and O–H groups in total. The molecule has 0 unspecified atom stereocenters. The maximum Gasteiger partial charge on any atom is 0.231 e. The van der Waals surface area contributed by atoms with Gasteiger partial charge in [-0.2, -0.15) is 9.61 Å². The summed E-state index contributed by atoms with van der Waals surface area (Å²) in [6.07, 6.45) is 1.57. The summed E-state index contributed by atoms with van der Waals surface area (Å²) in [6, 6.07) is 5.66. The van der Waals surface area contributed by atoms with Gasteiger partial charge in [0.2, 0.25) is 6.79 Å². The van der Waals surface area contributed by atoms with Gasteiger partial charge >= 0.3 is 0 Å². The zero-order chi connectivity index (χ0) is 14.4. The van der Waals surface area contributed by atoms with Crippen molar-refractivity contribution in [1.29, 1.82) is 0 Å². The van der Waals surface area contributed by atoms with Crippen molar-refractivity contribution in [3.8, 4) is 28.4 Å². The van der Waals surface area contributed by atoms with Gasteiger partial charge in [0.1, 0.15) is 12.1 Å². The number of benzene rings is 1. The fraction of sp³-hybridized carbons (Fsp3) is 0.214. The lowest BCUT2D eigenvalue weighted by molar-refractivity contribution is 0.174. The van der Waals surface area contributed by atoms with Crippen molar-refractivity contribution < 1.29 is 14.2 Å². The Morgan fingerprint density at radius 2 is 1.95 bits per heavy atom. The van der Waals surface area contributed by atoms with E-state index in [0.717, 1.165) is 16.8 Å². The summed E-state index contributed by atoms with van der Waals surface area (Å²) >= 11 is 0. The van der Waals surface area contributed by atoms with Gasteiger partial charge in [-0.05, 0) is 19.1 Å². The molecule has 4 rings (SSSR count). The first kappa shape index (κ1) is 12.0. The van der Waals surface area contributed by atoms with Crippen LogP contribution in [0.5, 0.6) is 17.2 Å². The van der Waals surface area contributed by atoms with Crippen LogP contribution < -0.4 is 14.2 Å². The van der Waals surface area contributed by atoms with Crippen LogP contribution in [-0.2, 0) is 0 Å². The molecule has 1 aromatic carbocycles. The predicted molar refractivity (Wildman–Crippen MR) is 73.6 cm³/mol. The van der Waals surface area contributed by atoms with Crippen molar-refractivity contribution in [2.75, 3.05) is 13.9 Å². The Labute approximate surface area is 120 Å². The van der Waals surface area contributed by atoms with Crippen molar-refractivity contribution in [1.82, 2.24) is 19.8 Å². The molecule has 0 atom stereocenters. The molecular weight excluding hydrogens is 272 g/mol. The molecule has 106 valence electrons. The first-order valence-corrected chi connectivity index (χ1v) is 6.42. The second kappa shape index (κ2) is 4.34. The lowest BCUT2D eigenvalue weighted by atomic mass is 10.0. The van der Waals surface area contributed by atoms with E-state index >= 15 is 0 Å². The van der Waals surface area contributed by atoms with E-state index in [1.807, 2.05) is 25.1 Å². The average Bonchev–Trinajstić information content (AvgIpc) is 3.12. The second-order valence-electron chi connectivity index (χ2n) is 4.70. The summed E-state index contributed by atoms with van der Waals surface area (Å²) in [7, 11) is 1.62. The number of hydrogen-bond donors (Lipinski definition) is 0. The smallest absolute Gasteiger partial charge is 0.231 e. The zero-order valence-electron chi connectivity index (χ0n) is 11.5. The van der Waals surface area contributed by atoms with Crippen molar-refractivity contribution in [3.05, 3.63) is 30.2 Å². The Morgan fingerprint density at radius 1 is 1.14 bits per heavy atom. The minimum absolute atomic E-state index is 0.220. The SMILES string of the molecule is COc1cc2c(cc1-c1cc(C)nn3cnnc13)OCO2. The third kappa shape index (κ3) is 1.78. The Balaban J connectivity index is 2.02. The molecule has 7 nitrogen and oxygen atoms in total. The largest absolute Gasteiger partial charge is 0.496 e. The van der Waals surface area contributed by atoms with E-state index in [4.69, 9.17) is 14.2 Å². The second-order valence-corrected chi connectivity index (χ2v) is 4.70. The van der Waals surface area contributed by atoms with Crippen LogP contribution in [0.2, 0.25) is 0 Å². The van der Waals surface area contributed by atoms with Gasteiger partial charge in [-0.25, -0.2) is 0 Å². The van der Waals surface area contributed by atoms with Crippen LogP contribution in [-0.4, -0.2) is 33.7 Å². The average molecular weight is 284 g/mol. The molecule has 0 fully saturated rings. The molecule has 21 heavy (non-hydrogen) atoms. The topological polar surface area (TPSA) is 70.8 Å². The lowest BCUT2D eigenvalue weighted by Gasteiger charge is -2.11. The molecule has 0 bridgehead atoms. The van der Waals surface area contributed by atoms with E-state index in [1.165, 1.54) is 0 Å². The number of rotatable bonds is 2. The number of methoxy groups -OCH3 is 1. The Kier molecular flexibility index (Phi) is 2.47. The molecule has 0 spiro atoms. The number of hydrogen-bond acceptors (Lipinski definition) is 6. The summed E-state index contributed by atoms with van der Waals surface area (Å²) in [5.74, 6) is 2.06. The molecule has 0 radical (unpaired) electrons. The highest BCUT2D eigenvalue weighted by Gasteiger charge is 2.21. The lowest BCUT2D eigenvalue weighted by Crippen LogP contribution is -1.97. The molecule has 3 aromatic rings. The highest BCUT2D eigenvalue weighted by Crippen LogP contribution is 2.43. The zero-order valence-corrected chi connectivity index (χ0v) is 11.5. The number of ether oxygens (including phenoxy) is 3. The van der Waals surface area contributed by atoms with E-state index in [1.54, 1.807) is 18.0 Å². The first-order chi connectivity index (χ1) is 10.3. The highest BCUT2D eigenvalue weighted by molar-refractivity contribution is 5.83. The van der Waals surface area contributed by atoms with Crippen molar-refractivity contribution in [2.24, 2.45) is 0 Å². The first-order valence-electron chi connectivity index (χ1n) is 6.42. The quantitative estimate of drug-likeness (QED) is 0.715. The van der Waals surface area contributed by atoms with Crippen LogP contribution in [0.25, 0.3) is 16.8 Å². The minimum Gasteiger partial charge on any atom is -0.496 e. The van der Waals surface area contributed by atoms with E-state index in [9.17, 15) is 0 Å². The van der Waals surface area contributed by atoms with Crippen molar-refractivity contribution >= 4 is 5.65 Å². The van der Waals surface area contributed by atoms with Gasteiger partial charge in [0, 0.05) is 17.2 Å². The van der Waals surface area contributed by atoms with Crippen LogP contribution in [0.4, 0.5) is 0 Å². The van der Waals surface area contributed by atoms with Crippen molar-refractivity contribution in [3.63, 3.8) is 0 Å². The van der Waals surface area contributed by atoms with Crippen LogP contribution >= 0.6 is 0 Å². The van der Waals surface area contributed by atoms with Gasteiger partial charge in [0.05, 0.1) is 12.8 Å². The van der Waals surface area contributed by atoms with E-state index in [2.05, 4.69) is 15.3 Å². The highest BCUT2D eigenvalue weighted by atomic mass is 16.7. The van der Waals surface area contributed by atoms with Crippen molar-refractivity contribution in [2.45, 2.75) is 6.92 Å². The molecule has 7 heteroatoms. The van der Waals surface area contributed by atoms with Gasteiger partial charge in [-0.15, -0.1) is 10.2 Å². The maximum atomic E-state index is 5.48. The predicted octanol–water partition coefficient (Wildman–Crippen LogP) is 1.84. The van der Waals surface area contributed by atoms with Gasteiger partial charge in [-0.3, -0.25) is 0 Å². The van der Waals surface area contributed by atoms with E-state index < -0.39 is 0 Å². The molecule has 2 aromatic heterocycles. The Bertz CT molecular complexity index is 844. The minimum atomic E-state index is 0.220. The van der Waals surface area contributed by atoms with Gasteiger partial charge in [0.25, 0.3) is 0 Å². The Morgan fingerprint density at radius 3 is 2.76 bits per heavy atom. The fourth-order valence-corrected chi connectivity index (χ4v) is 2.45. The molecule has 0 saturated carbocycles. The van der Waals surface area contributed by atoms with Crippen LogP contribution in [0.15, 0.2) is 24.5 Å². The summed E-state index contributed by atoms with van der Waals surface area (Å²) in [5.41, 5.74) is 3.27. The molecule has 0 aliphatic carbocycles. The fourth-order valence-electron chi connectivity index (χ4n) is 2.45. The van der Waals surface area contributed by atoms with Gasteiger partial charge in [0.15, 0.2) is 17.1 Å². The van der Waals surface area contributed by atoms with Crippen LogP contribution in [0.1, 0.15) is 5.69 Å². The number of nitrogens with zero attached hydrogens (tertiary/aromatic N) is 4. The van der Waals surface area contributed by atoms with E-state index in [0.29, 0.717) is 22.9 Å². The third-order valence-corrected chi connectivity index (χ3v) is 3.37. The Hall–Kier alpha value is -2.83. The molecule has 1 aliphatic rings. The normalized spacial score (nSPS) is 12.9. The summed E-state index contributed by atoms with van der Waals surface area (Å²) < 4.78 is 18.0. The molecule has 0 amide bonds. The molecule has 1 aliphatic heterocycles. The maximum absolute atomic E-state index is 5.48. The summed E-state index contributed by atoms with van der Waals surface area (Å²) in [4.78, 5) is 0. The van der Waals surface area contributed by atoms with Crippen LogP contribution in [0.3, 0.4) is 0 Å². The van der Waals surface area contributed by atoms with E-state index in [-0.39, 0.29) is 6.79 Å². The summed E-state index contributed by atoms with van der Waals surface area (Å²) in [6.45, 7) is 2.14.